The van der Waals surface area contributed by atoms with Crippen LogP contribution >= 0.6 is 0 Å². The Kier molecular flexibility index (Phi) is 6.50. The van der Waals surface area contributed by atoms with Gasteiger partial charge in [-0.3, -0.25) is 4.79 Å². The lowest BCUT2D eigenvalue weighted by Crippen LogP contribution is -2.49. The van der Waals surface area contributed by atoms with Gasteiger partial charge < -0.3 is 14.7 Å². The number of hydrogen-bond acceptors (Lipinski definition) is 5. The van der Waals surface area contributed by atoms with E-state index in [2.05, 4.69) is 70.2 Å². The van der Waals surface area contributed by atoms with Crippen molar-refractivity contribution < 1.29 is 4.79 Å². The van der Waals surface area contributed by atoms with Crippen LogP contribution in [0.15, 0.2) is 36.4 Å². The van der Waals surface area contributed by atoms with Gasteiger partial charge in [-0.25, -0.2) is 0 Å². The number of rotatable bonds is 5. The lowest BCUT2D eigenvalue weighted by Gasteiger charge is -2.36. The largest absolute Gasteiger partial charge is 0.352 e. The molecule has 1 unspecified atom stereocenters. The van der Waals surface area contributed by atoms with E-state index in [1.807, 2.05) is 4.90 Å². The maximum absolute atomic E-state index is 12.6. The average Bonchev–Trinajstić information content (AvgIpc) is 2.78. The number of hydrogen-bond donors (Lipinski definition) is 0. The summed E-state index contributed by atoms with van der Waals surface area (Å²) in [4.78, 5) is 19.2. The molecule has 3 heterocycles. The first-order valence-electron chi connectivity index (χ1n) is 11.3. The third-order valence-corrected chi connectivity index (χ3v) is 6.40. The number of aromatic nitrogens is 2. The van der Waals surface area contributed by atoms with Crippen molar-refractivity contribution in [2.45, 2.75) is 52.0 Å². The van der Waals surface area contributed by atoms with Gasteiger partial charge in [0.2, 0.25) is 5.91 Å². The van der Waals surface area contributed by atoms with Crippen molar-refractivity contribution in [3.05, 3.63) is 47.5 Å². The average molecular weight is 408 g/mol. The molecule has 2 fully saturated rings. The standard InChI is InChI=1S/C24H33N5O/c1-19-6-5-8-21(18-19)9-12-24(30)28-16-14-27(15-17-28)22-10-11-23(26-25-22)29-13-4-3-7-20(29)2/h5-6,8,10-11,18,20H,3-4,7,9,12-17H2,1-2H3. The quantitative estimate of drug-likeness (QED) is 0.760. The van der Waals surface area contributed by atoms with Crippen LogP contribution in [0.4, 0.5) is 11.6 Å². The Morgan fingerprint density at radius 1 is 1.00 bits per heavy atom. The SMILES string of the molecule is Cc1cccc(CCC(=O)N2CCN(c3ccc(N4CCCCC4C)nn3)CC2)c1. The molecule has 2 aliphatic rings. The van der Waals surface area contributed by atoms with Gasteiger partial charge >= 0.3 is 0 Å². The van der Waals surface area contributed by atoms with Crippen LogP contribution in [-0.4, -0.2) is 59.8 Å². The summed E-state index contributed by atoms with van der Waals surface area (Å²) in [6.07, 6.45) is 5.14. The summed E-state index contributed by atoms with van der Waals surface area (Å²) in [6.45, 7) is 8.54. The van der Waals surface area contributed by atoms with E-state index < -0.39 is 0 Å². The van der Waals surface area contributed by atoms with Crippen molar-refractivity contribution in [2.75, 3.05) is 42.5 Å². The zero-order chi connectivity index (χ0) is 20.9. The molecule has 1 amide bonds. The number of aryl methyl sites for hydroxylation is 2. The molecule has 4 rings (SSSR count). The molecule has 1 atom stereocenters. The molecule has 1 aromatic heterocycles. The first-order chi connectivity index (χ1) is 14.6. The monoisotopic (exact) mass is 407 g/mol. The van der Waals surface area contributed by atoms with E-state index in [4.69, 9.17) is 0 Å². The van der Waals surface area contributed by atoms with Gasteiger partial charge in [0.05, 0.1) is 0 Å². The van der Waals surface area contributed by atoms with E-state index in [9.17, 15) is 4.79 Å². The van der Waals surface area contributed by atoms with Gasteiger partial charge in [0.15, 0.2) is 11.6 Å². The number of anilines is 2. The van der Waals surface area contributed by atoms with E-state index in [0.29, 0.717) is 12.5 Å². The molecule has 30 heavy (non-hydrogen) atoms. The lowest BCUT2D eigenvalue weighted by atomic mass is 10.0. The van der Waals surface area contributed by atoms with Gasteiger partial charge in [-0.15, -0.1) is 10.2 Å². The molecule has 2 aliphatic heterocycles. The fourth-order valence-corrected chi connectivity index (χ4v) is 4.54. The predicted octanol–water partition coefficient (Wildman–Crippen LogP) is 3.45. The molecule has 0 N–H and O–H groups in total. The molecule has 0 aliphatic carbocycles. The topological polar surface area (TPSA) is 52.6 Å². The van der Waals surface area contributed by atoms with Crippen molar-refractivity contribution in [1.82, 2.24) is 15.1 Å². The number of piperidine rings is 1. The van der Waals surface area contributed by atoms with Crippen molar-refractivity contribution in [3.63, 3.8) is 0 Å². The van der Waals surface area contributed by atoms with Crippen LogP contribution in [-0.2, 0) is 11.2 Å². The minimum atomic E-state index is 0.247. The van der Waals surface area contributed by atoms with Crippen LogP contribution < -0.4 is 9.80 Å². The molecular formula is C24H33N5O. The Labute approximate surface area is 179 Å². The van der Waals surface area contributed by atoms with Crippen LogP contribution in [0.25, 0.3) is 0 Å². The normalized spacial score (nSPS) is 19.8. The Balaban J connectivity index is 1.27. The number of benzene rings is 1. The van der Waals surface area contributed by atoms with Crippen LogP contribution in [0.3, 0.4) is 0 Å². The van der Waals surface area contributed by atoms with Crippen molar-refractivity contribution >= 4 is 17.5 Å². The van der Waals surface area contributed by atoms with E-state index in [1.165, 1.54) is 30.4 Å². The molecule has 6 nitrogen and oxygen atoms in total. The Morgan fingerprint density at radius 2 is 1.77 bits per heavy atom. The Hall–Kier alpha value is -2.63. The van der Waals surface area contributed by atoms with Gasteiger partial charge in [0.1, 0.15) is 0 Å². The van der Waals surface area contributed by atoms with Crippen molar-refractivity contribution in [3.8, 4) is 0 Å². The maximum Gasteiger partial charge on any atom is 0.223 e. The van der Waals surface area contributed by atoms with Gasteiger partial charge in [0, 0.05) is 45.2 Å². The van der Waals surface area contributed by atoms with Crippen molar-refractivity contribution in [1.29, 1.82) is 0 Å². The second kappa shape index (κ2) is 9.45. The third-order valence-electron chi connectivity index (χ3n) is 6.40. The molecule has 0 spiro atoms. The fourth-order valence-electron chi connectivity index (χ4n) is 4.54. The lowest BCUT2D eigenvalue weighted by molar-refractivity contribution is -0.131. The minimum absolute atomic E-state index is 0.247. The van der Waals surface area contributed by atoms with E-state index in [1.54, 1.807) is 0 Å². The molecule has 160 valence electrons. The summed E-state index contributed by atoms with van der Waals surface area (Å²) >= 11 is 0. The Morgan fingerprint density at radius 3 is 2.47 bits per heavy atom. The summed E-state index contributed by atoms with van der Waals surface area (Å²) in [6, 6.07) is 13.1. The number of piperazine rings is 1. The van der Waals surface area contributed by atoms with Gasteiger partial charge in [-0.2, -0.15) is 0 Å². The van der Waals surface area contributed by atoms with Crippen LogP contribution in [0.5, 0.6) is 0 Å². The summed E-state index contributed by atoms with van der Waals surface area (Å²) in [5.74, 6) is 2.14. The number of carbonyl (C=O) groups is 1. The second-order valence-corrected chi connectivity index (χ2v) is 8.64. The first-order valence-corrected chi connectivity index (χ1v) is 11.3. The smallest absolute Gasteiger partial charge is 0.223 e. The molecule has 2 aromatic rings. The fraction of sp³-hybridized carbons (Fsp3) is 0.542. The molecule has 0 saturated carbocycles. The number of amides is 1. The summed E-state index contributed by atoms with van der Waals surface area (Å²) < 4.78 is 0. The number of nitrogens with zero attached hydrogens (tertiary/aromatic N) is 5. The first kappa shape index (κ1) is 20.6. The highest BCUT2D eigenvalue weighted by atomic mass is 16.2. The predicted molar refractivity (Wildman–Crippen MR) is 121 cm³/mol. The summed E-state index contributed by atoms with van der Waals surface area (Å²) in [7, 11) is 0. The van der Waals surface area contributed by atoms with Crippen LogP contribution in [0, 0.1) is 6.92 Å². The number of carbonyl (C=O) groups excluding carboxylic acids is 1. The van der Waals surface area contributed by atoms with Crippen molar-refractivity contribution in [2.24, 2.45) is 0 Å². The summed E-state index contributed by atoms with van der Waals surface area (Å²) in [5.41, 5.74) is 2.48. The van der Waals surface area contributed by atoms with Gasteiger partial charge in [0.25, 0.3) is 0 Å². The van der Waals surface area contributed by atoms with Gasteiger partial charge in [-0.1, -0.05) is 29.8 Å². The van der Waals surface area contributed by atoms with Crippen LogP contribution in [0.1, 0.15) is 43.7 Å². The zero-order valence-corrected chi connectivity index (χ0v) is 18.3. The molecule has 1 aromatic carbocycles. The highest BCUT2D eigenvalue weighted by Crippen LogP contribution is 2.24. The molecule has 6 heteroatoms. The highest BCUT2D eigenvalue weighted by Gasteiger charge is 2.23. The maximum atomic E-state index is 12.6. The Bertz CT molecular complexity index is 845. The second-order valence-electron chi connectivity index (χ2n) is 8.64. The third kappa shape index (κ3) is 4.91. The summed E-state index contributed by atoms with van der Waals surface area (Å²) in [5, 5.41) is 9.00. The zero-order valence-electron chi connectivity index (χ0n) is 18.3. The van der Waals surface area contributed by atoms with E-state index in [0.717, 1.165) is 50.8 Å². The molecule has 2 saturated heterocycles. The minimum Gasteiger partial charge on any atom is -0.352 e. The van der Waals surface area contributed by atoms with E-state index in [-0.39, 0.29) is 5.91 Å². The van der Waals surface area contributed by atoms with E-state index >= 15 is 0 Å². The molecular weight excluding hydrogens is 374 g/mol. The molecule has 0 radical (unpaired) electrons. The van der Waals surface area contributed by atoms with Crippen LogP contribution in [0.2, 0.25) is 0 Å². The van der Waals surface area contributed by atoms with Gasteiger partial charge in [-0.05, 0) is 57.2 Å². The highest BCUT2D eigenvalue weighted by molar-refractivity contribution is 5.76. The molecule has 0 bridgehead atoms.